The molecule has 1 rings (SSSR count). The molecular formula is C13H19NO2. The van der Waals surface area contributed by atoms with E-state index in [9.17, 15) is 0 Å². The van der Waals surface area contributed by atoms with Crippen molar-refractivity contribution >= 4 is 6.08 Å². The lowest BCUT2D eigenvalue weighted by Gasteiger charge is -2.07. The van der Waals surface area contributed by atoms with Crippen molar-refractivity contribution in [2.45, 2.75) is 6.42 Å². The second-order valence-corrected chi connectivity index (χ2v) is 3.40. The third-order valence-corrected chi connectivity index (χ3v) is 2.30. The van der Waals surface area contributed by atoms with Crippen molar-refractivity contribution in [1.29, 1.82) is 0 Å². The van der Waals surface area contributed by atoms with Crippen molar-refractivity contribution in [3.05, 3.63) is 29.8 Å². The third kappa shape index (κ3) is 3.59. The first-order chi connectivity index (χ1) is 7.81. The maximum Gasteiger partial charge on any atom is 0.126 e. The van der Waals surface area contributed by atoms with Gasteiger partial charge >= 0.3 is 0 Å². The Balaban J connectivity index is 2.78. The molecule has 0 aliphatic rings. The fourth-order valence-corrected chi connectivity index (χ4v) is 1.41. The van der Waals surface area contributed by atoms with E-state index in [4.69, 9.17) is 9.47 Å². The summed E-state index contributed by atoms with van der Waals surface area (Å²) < 4.78 is 10.5. The normalized spacial score (nSPS) is 10.7. The Morgan fingerprint density at radius 2 is 2.06 bits per heavy atom. The summed E-state index contributed by atoms with van der Waals surface area (Å²) in [5, 5.41) is 3.10. The highest BCUT2D eigenvalue weighted by Crippen LogP contribution is 2.25. The molecule has 0 aromatic heterocycles. The predicted molar refractivity (Wildman–Crippen MR) is 67.1 cm³/mol. The Morgan fingerprint density at radius 3 is 2.69 bits per heavy atom. The third-order valence-electron chi connectivity index (χ3n) is 2.30. The van der Waals surface area contributed by atoms with Gasteiger partial charge in [0.1, 0.15) is 11.5 Å². The van der Waals surface area contributed by atoms with E-state index in [0.29, 0.717) is 0 Å². The van der Waals surface area contributed by atoms with E-state index in [1.54, 1.807) is 14.2 Å². The topological polar surface area (TPSA) is 30.5 Å². The first-order valence-electron chi connectivity index (χ1n) is 5.35. The first kappa shape index (κ1) is 12.6. The summed E-state index contributed by atoms with van der Waals surface area (Å²) in [5.41, 5.74) is 1.04. The number of hydrogen-bond acceptors (Lipinski definition) is 3. The largest absolute Gasteiger partial charge is 0.497 e. The van der Waals surface area contributed by atoms with Crippen molar-refractivity contribution in [2.24, 2.45) is 0 Å². The van der Waals surface area contributed by atoms with Gasteiger partial charge in [-0.05, 0) is 38.2 Å². The van der Waals surface area contributed by atoms with Crippen LogP contribution in [0.3, 0.4) is 0 Å². The van der Waals surface area contributed by atoms with Crippen LogP contribution in [-0.4, -0.2) is 27.8 Å². The highest BCUT2D eigenvalue weighted by atomic mass is 16.5. The summed E-state index contributed by atoms with van der Waals surface area (Å²) in [5.74, 6) is 1.70. The van der Waals surface area contributed by atoms with Gasteiger partial charge in [-0.25, -0.2) is 0 Å². The van der Waals surface area contributed by atoms with Gasteiger partial charge in [0.15, 0.2) is 0 Å². The van der Waals surface area contributed by atoms with Gasteiger partial charge in [-0.1, -0.05) is 12.2 Å². The summed E-state index contributed by atoms with van der Waals surface area (Å²) in [6.45, 7) is 0.975. The van der Waals surface area contributed by atoms with Crippen LogP contribution in [0.2, 0.25) is 0 Å². The molecule has 16 heavy (non-hydrogen) atoms. The average Bonchev–Trinajstić information content (AvgIpc) is 2.34. The van der Waals surface area contributed by atoms with Crippen molar-refractivity contribution in [2.75, 3.05) is 27.8 Å². The van der Waals surface area contributed by atoms with Gasteiger partial charge in [-0.2, -0.15) is 0 Å². The number of benzene rings is 1. The van der Waals surface area contributed by atoms with Crippen LogP contribution in [-0.2, 0) is 0 Å². The van der Waals surface area contributed by atoms with Crippen molar-refractivity contribution < 1.29 is 9.47 Å². The SMILES string of the molecule is CNCCC=Cc1cc(OC)ccc1OC. The molecule has 0 aliphatic carbocycles. The average molecular weight is 221 g/mol. The zero-order valence-corrected chi connectivity index (χ0v) is 10.1. The smallest absolute Gasteiger partial charge is 0.126 e. The van der Waals surface area contributed by atoms with Gasteiger partial charge in [0.25, 0.3) is 0 Å². The fraction of sp³-hybridized carbons (Fsp3) is 0.385. The van der Waals surface area contributed by atoms with Crippen LogP contribution in [0.25, 0.3) is 6.08 Å². The number of rotatable bonds is 6. The van der Waals surface area contributed by atoms with Crippen LogP contribution >= 0.6 is 0 Å². The molecule has 1 aromatic carbocycles. The van der Waals surface area contributed by atoms with Crippen LogP contribution in [0.5, 0.6) is 11.5 Å². The molecule has 88 valence electrons. The Hall–Kier alpha value is -1.48. The zero-order valence-electron chi connectivity index (χ0n) is 10.1. The second kappa shape index (κ2) is 6.90. The molecule has 0 saturated heterocycles. The standard InChI is InChI=1S/C13H19NO2/c1-14-9-5-4-6-11-10-12(15-2)7-8-13(11)16-3/h4,6-8,10,14H,5,9H2,1-3H3. The van der Waals surface area contributed by atoms with Gasteiger partial charge < -0.3 is 14.8 Å². The van der Waals surface area contributed by atoms with Crippen molar-refractivity contribution in [3.63, 3.8) is 0 Å². The molecule has 0 atom stereocenters. The predicted octanol–water partition coefficient (Wildman–Crippen LogP) is 2.33. The van der Waals surface area contributed by atoms with E-state index in [2.05, 4.69) is 17.5 Å². The van der Waals surface area contributed by atoms with Gasteiger partial charge in [0.05, 0.1) is 14.2 Å². The monoisotopic (exact) mass is 221 g/mol. The van der Waals surface area contributed by atoms with Crippen LogP contribution in [0, 0.1) is 0 Å². The van der Waals surface area contributed by atoms with E-state index in [1.165, 1.54) is 0 Å². The quantitative estimate of drug-likeness (QED) is 0.748. The highest BCUT2D eigenvalue weighted by molar-refractivity contribution is 5.59. The summed E-state index contributed by atoms with van der Waals surface area (Å²) in [7, 11) is 5.28. The zero-order chi connectivity index (χ0) is 11.8. The second-order valence-electron chi connectivity index (χ2n) is 3.40. The maximum atomic E-state index is 5.28. The Labute approximate surface area is 97.1 Å². The lowest BCUT2D eigenvalue weighted by molar-refractivity contribution is 0.402. The molecule has 0 aliphatic heterocycles. The van der Waals surface area contributed by atoms with E-state index >= 15 is 0 Å². The van der Waals surface area contributed by atoms with Crippen LogP contribution < -0.4 is 14.8 Å². The molecule has 3 heteroatoms. The number of hydrogen-bond donors (Lipinski definition) is 1. The lowest BCUT2D eigenvalue weighted by atomic mass is 10.1. The Kier molecular flexibility index (Phi) is 5.43. The van der Waals surface area contributed by atoms with Crippen LogP contribution in [0.15, 0.2) is 24.3 Å². The van der Waals surface area contributed by atoms with Crippen LogP contribution in [0.1, 0.15) is 12.0 Å². The van der Waals surface area contributed by atoms with Crippen molar-refractivity contribution in [1.82, 2.24) is 5.32 Å². The minimum atomic E-state index is 0.842. The summed E-state index contributed by atoms with van der Waals surface area (Å²) in [6, 6.07) is 5.77. The molecule has 3 nitrogen and oxygen atoms in total. The molecular weight excluding hydrogens is 202 g/mol. The maximum absolute atomic E-state index is 5.28. The lowest BCUT2D eigenvalue weighted by Crippen LogP contribution is -2.05. The molecule has 0 amide bonds. The molecule has 0 heterocycles. The van der Waals surface area contributed by atoms with Crippen molar-refractivity contribution in [3.8, 4) is 11.5 Å². The Bertz CT molecular complexity index is 348. The molecule has 0 radical (unpaired) electrons. The molecule has 0 bridgehead atoms. The molecule has 0 spiro atoms. The number of methoxy groups -OCH3 is 2. The van der Waals surface area contributed by atoms with E-state index in [-0.39, 0.29) is 0 Å². The highest BCUT2D eigenvalue weighted by Gasteiger charge is 2.00. The van der Waals surface area contributed by atoms with Gasteiger partial charge in [-0.15, -0.1) is 0 Å². The molecule has 1 aromatic rings. The molecule has 0 unspecified atom stereocenters. The minimum absolute atomic E-state index is 0.842. The summed E-state index contributed by atoms with van der Waals surface area (Å²) >= 11 is 0. The molecule has 0 saturated carbocycles. The summed E-state index contributed by atoms with van der Waals surface area (Å²) in [4.78, 5) is 0. The van der Waals surface area contributed by atoms with Gasteiger partial charge in [0, 0.05) is 5.56 Å². The van der Waals surface area contributed by atoms with Gasteiger partial charge in [-0.3, -0.25) is 0 Å². The molecule has 0 fully saturated rings. The van der Waals surface area contributed by atoms with E-state index < -0.39 is 0 Å². The van der Waals surface area contributed by atoms with E-state index in [1.807, 2.05) is 25.2 Å². The van der Waals surface area contributed by atoms with Gasteiger partial charge in [0.2, 0.25) is 0 Å². The first-order valence-corrected chi connectivity index (χ1v) is 5.35. The number of ether oxygens (including phenoxy) is 2. The Morgan fingerprint density at radius 1 is 1.25 bits per heavy atom. The molecule has 1 N–H and O–H groups in total. The summed E-state index contributed by atoms with van der Waals surface area (Å²) in [6.07, 6.45) is 5.17. The minimum Gasteiger partial charge on any atom is -0.497 e. The van der Waals surface area contributed by atoms with Crippen LogP contribution in [0.4, 0.5) is 0 Å². The number of nitrogens with one attached hydrogen (secondary N) is 1. The fourth-order valence-electron chi connectivity index (χ4n) is 1.41. The van der Waals surface area contributed by atoms with E-state index in [0.717, 1.165) is 30.0 Å².